The number of phenols is 1. The fourth-order valence-electron chi connectivity index (χ4n) is 2.82. The van der Waals surface area contributed by atoms with Crippen molar-refractivity contribution in [2.75, 3.05) is 0 Å². The minimum absolute atomic E-state index is 0.0703. The van der Waals surface area contributed by atoms with Crippen LogP contribution in [0, 0.1) is 10.1 Å². The number of phenolic OH excluding ortho intramolecular Hbond substituents is 1. The molecule has 0 atom stereocenters. The van der Waals surface area contributed by atoms with Crippen LogP contribution in [0.15, 0.2) is 54.6 Å². The first-order chi connectivity index (χ1) is 11.0. The summed E-state index contributed by atoms with van der Waals surface area (Å²) in [5.41, 5.74) is 2.81. The summed E-state index contributed by atoms with van der Waals surface area (Å²) in [5.74, 6) is 0.484. The SMILES string of the molecule is CC(C)c1cc(-c2ccc([N+](=O)[O-])cc2)c2ccccc2c1O. The summed E-state index contributed by atoms with van der Waals surface area (Å²) in [4.78, 5) is 10.4. The Morgan fingerprint density at radius 1 is 1.00 bits per heavy atom. The molecule has 0 radical (unpaired) electrons. The highest BCUT2D eigenvalue weighted by molar-refractivity contribution is 6.01. The zero-order valence-electron chi connectivity index (χ0n) is 13.0. The summed E-state index contributed by atoms with van der Waals surface area (Å²) in [6, 6.07) is 16.2. The molecule has 4 nitrogen and oxygen atoms in total. The van der Waals surface area contributed by atoms with E-state index in [2.05, 4.69) is 0 Å². The topological polar surface area (TPSA) is 63.4 Å². The number of nitro benzene ring substituents is 1. The van der Waals surface area contributed by atoms with Gasteiger partial charge in [-0.3, -0.25) is 10.1 Å². The summed E-state index contributed by atoms with van der Waals surface area (Å²) < 4.78 is 0. The van der Waals surface area contributed by atoms with Crippen molar-refractivity contribution in [3.05, 3.63) is 70.3 Å². The predicted octanol–water partition coefficient (Wildman–Crippen LogP) is 5.24. The Morgan fingerprint density at radius 3 is 2.17 bits per heavy atom. The first-order valence-corrected chi connectivity index (χ1v) is 7.48. The number of hydrogen-bond acceptors (Lipinski definition) is 3. The van der Waals surface area contributed by atoms with E-state index in [1.54, 1.807) is 12.1 Å². The average molecular weight is 307 g/mol. The van der Waals surface area contributed by atoms with Crippen molar-refractivity contribution in [3.8, 4) is 16.9 Å². The molecule has 0 saturated heterocycles. The van der Waals surface area contributed by atoms with Gasteiger partial charge in [0.1, 0.15) is 5.75 Å². The molecule has 0 aliphatic rings. The van der Waals surface area contributed by atoms with Gasteiger partial charge in [0, 0.05) is 17.5 Å². The minimum atomic E-state index is -0.405. The van der Waals surface area contributed by atoms with Gasteiger partial charge in [0.2, 0.25) is 0 Å². The molecule has 116 valence electrons. The summed E-state index contributed by atoms with van der Waals surface area (Å²) >= 11 is 0. The van der Waals surface area contributed by atoms with E-state index in [4.69, 9.17) is 0 Å². The highest BCUT2D eigenvalue weighted by Crippen LogP contribution is 2.40. The van der Waals surface area contributed by atoms with Gasteiger partial charge >= 0.3 is 0 Å². The van der Waals surface area contributed by atoms with Crippen LogP contribution < -0.4 is 0 Å². The maximum absolute atomic E-state index is 10.8. The number of nitro groups is 1. The van der Waals surface area contributed by atoms with Crippen LogP contribution in [0.5, 0.6) is 5.75 Å². The molecule has 0 unspecified atom stereocenters. The van der Waals surface area contributed by atoms with Gasteiger partial charge in [0.05, 0.1) is 4.92 Å². The Hall–Kier alpha value is -2.88. The maximum Gasteiger partial charge on any atom is 0.269 e. The van der Waals surface area contributed by atoms with Gasteiger partial charge < -0.3 is 5.11 Å². The summed E-state index contributed by atoms with van der Waals surface area (Å²) in [7, 11) is 0. The molecule has 3 aromatic rings. The van der Waals surface area contributed by atoms with E-state index in [1.165, 1.54) is 12.1 Å². The van der Waals surface area contributed by atoms with Gasteiger partial charge in [-0.25, -0.2) is 0 Å². The zero-order chi connectivity index (χ0) is 16.6. The summed E-state index contributed by atoms with van der Waals surface area (Å²) in [5, 5.41) is 23.1. The van der Waals surface area contributed by atoms with Crippen LogP contribution in [-0.4, -0.2) is 10.0 Å². The quantitative estimate of drug-likeness (QED) is 0.531. The van der Waals surface area contributed by atoms with Gasteiger partial charge in [0.15, 0.2) is 0 Å². The third-order valence-corrected chi connectivity index (χ3v) is 4.06. The molecule has 3 aromatic carbocycles. The fourth-order valence-corrected chi connectivity index (χ4v) is 2.82. The van der Waals surface area contributed by atoms with Gasteiger partial charge in [0.25, 0.3) is 5.69 Å². The number of non-ortho nitro benzene ring substituents is 1. The molecule has 0 aromatic heterocycles. The van der Waals surface area contributed by atoms with Crippen LogP contribution in [0.4, 0.5) is 5.69 Å². The molecule has 0 spiro atoms. The monoisotopic (exact) mass is 307 g/mol. The second-order valence-corrected chi connectivity index (χ2v) is 5.87. The molecule has 0 fully saturated rings. The Kier molecular flexibility index (Phi) is 3.74. The van der Waals surface area contributed by atoms with Crippen molar-refractivity contribution in [2.45, 2.75) is 19.8 Å². The van der Waals surface area contributed by atoms with Crippen molar-refractivity contribution in [2.24, 2.45) is 0 Å². The second kappa shape index (κ2) is 5.72. The molecule has 1 N–H and O–H groups in total. The molecule has 0 amide bonds. The van der Waals surface area contributed by atoms with Crippen LogP contribution in [0.25, 0.3) is 21.9 Å². The number of nitrogens with zero attached hydrogens (tertiary/aromatic N) is 1. The maximum atomic E-state index is 10.8. The second-order valence-electron chi connectivity index (χ2n) is 5.87. The van der Waals surface area contributed by atoms with E-state index in [0.29, 0.717) is 5.75 Å². The molecular weight excluding hydrogens is 290 g/mol. The van der Waals surface area contributed by atoms with Crippen LogP contribution in [0.2, 0.25) is 0 Å². The Bertz CT molecular complexity index is 883. The van der Waals surface area contributed by atoms with Gasteiger partial charge in [-0.2, -0.15) is 0 Å². The molecule has 23 heavy (non-hydrogen) atoms. The smallest absolute Gasteiger partial charge is 0.269 e. The number of hydrogen-bond donors (Lipinski definition) is 1. The fraction of sp³-hybridized carbons (Fsp3) is 0.158. The molecule has 0 heterocycles. The number of benzene rings is 3. The van der Waals surface area contributed by atoms with Crippen LogP contribution in [-0.2, 0) is 0 Å². The third kappa shape index (κ3) is 2.63. The minimum Gasteiger partial charge on any atom is -0.507 e. The lowest BCUT2D eigenvalue weighted by atomic mass is 9.90. The van der Waals surface area contributed by atoms with E-state index in [1.807, 2.05) is 44.2 Å². The van der Waals surface area contributed by atoms with E-state index < -0.39 is 4.92 Å². The average Bonchev–Trinajstić information content (AvgIpc) is 2.55. The number of rotatable bonds is 3. The Labute approximate surface area is 134 Å². The van der Waals surface area contributed by atoms with Gasteiger partial charge in [-0.05, 0) is 46.2 Å². The highest BCUT2D eigenvalue weighted by atomic mass is 16.6. The van der Waals surface area contributed by atoms with Crippen molar-refractivity contribution >= 4 is 16.5 Å². The molecule has 0 aliphatic carbocycles. The lowest BCUT2D eigenvalue weighted by Crippen LogP contribution is -1.93. The van der Waals surface area contributed by atoms with Crippen LogP contribution >= 0.6 is 0 Å². The van der Waals surface area contributed by atoms with Crippen molar-refractivity contribution in [3.63, 3.8) is 0 Å². The number of fused-ring (bicyclic) bond motifs is 1. The van der Waals surface area contributed by atoms with E-state index in [9.17, 15) is 15.2 Å². The molecule has 4 heteroatoms. The summed E-state index contributed by atoms with van der Waals surface area (Å²) in [6.07, 6.45) is 0. The van der Waals surface area contributed by atoms with Gasteiger partial charge in [-0.15, -0.1) is 0 Å². The van der Waals surface area contributed by atoms with E-state index in [0.717, 1.165) is 27.5 Å². The first kappa shape index (κ1) is 15.0. The highest BCUT2D eigenvalue weighted by Gasteiger charge is 2.15. The van der Waals surface area contributed by atoms with Crippen LogP contribution in [0.1, 0.15) is 25.3 Å². The summed E-state index contributed by atoms with van der Waals surface area (Å²) in [6.45, 7) is 4.06. The van der Waals surface area contributed by atoms with E-state index in [-0.39, 0.29) is 11.6 Å². The molecule has 3 rings (SSSR count). The molecule has 0 saturated carbocycles. The van der Waals surface area contributed by atoms with Crippen molar-refractivity contribution in [1.82, 2.24) is 0 Å². The molecule has 0 aliphatic heterocycles. The van der Waals surface area contributed by atoms with Crippen molar-refractivity contribution in [1.29, 1.82) is 0 Å². The zero-order valence-corrected chi connectivity index (χ0v) is 13.0. The Balaban J connectivity index is 2.27. The van der Waals surface area contributed by atoms with Crippen molar-refractivity contribution < 1.29 is 10.0 Å². The largest absolute Gasteiger partial charge is 0.507 e. The Morgan fingerprint density at radius 2 is 1.61 bits per heavy atom. The van der Waals surface area contributed by atoms with Crippen LogP contribution in [0.3, 0.4) is 0 Å². The predicted molar refractivity (Wildman–Crippen MR) is 91.8 cm³/mol. The van der Waals surface area contributed by atoms with E-state index >= 15 is 0 Å². The molecule has 0 bridgehead atoms. The lowest BCUT2D eigenvalue weighted by Gasteiger charge is -2.15. The lowest BCUT2D eigenvalue weighted by molar-refractivity contribution is -0.384. The molecular formula is C19H17NO3. The van der Waals surface area contributed by atoms with Gasteiger partial charge in [-0.1, -0.05) is 38.1 Å². The third-order valence-electron chi connectivity index (χ3n) is 4.06. The normalized spacial score (nSPS) is 11.1. The first-order valence-electron chi connectivity index (χ1n) is 7.48. The standard InChI is InChI=1S/C19H17NO3/c1-12(2)17-11-18(13-7-9-14(10-8-13)20(22)23)15-5-3-4-6-16(15)19(17)21/h3-12,21H,1-2H3. The number of aromatic hydroxyl groups is 1.